The maximum Gasteiger partial charge on any atom is 0.0939 e. The van der Waals surface area contributed by atoms with Crippen LogP contribution in [0.4, 0.5) is 0 Å². The molecule has 2 nitrogen and oxygen atoms in total. The van der Waals surface area contributed by atoms with Gasteiger partial charge >= 0.3 is 0 Å². The summed E-state index contributed by atoms with van der Waals surface area (Å²) in [7, 11) is 1.75. The Morgan fingerprint density at radius 3 is 2.21 bits per heavy atom. The summed E-state index contributed by atoms with van der Waals surface area (Å²) in [6, 6.07) is 8.43. The Labute approximate surface area is 116 Å². The highest BCUT2D eigenvalue weighted by Crippen LogP contribution is 2.34. The Bertz CT molecular complexity index is 375. The van der Waals surface area contributed by atoms with E-state index in [1.807, 2.05) is 0 Å². The predicted molar refractivity (Wildman–Crippen MR) is 78.3 cm³/mol. The second-order valence-electron chi connectivity index (χ2n) is 5.89. The minimum atomic E-state index is -0.404. The summed E-state index contributed by atoms with van der Waals surface area (Å²) in [5, 5.41) is 10.6. The van der Waals surface area contributed by atoms with Crippen molar-refractivity contribution in [3.05, 3.63) is 35.4 Å². The first-order chi connectivity index (χ1) is 9.16. The quantitative estimate of drug-likeness (QED) is 0.839. The lowest BCUT2D eigenvalue weighted by molar-refractivity contribution is -0.111. The van der Waals surface area contributed by atoms with Gasteiger partial charge in [0.05, 0.1) is 11.7 Å². The van der Waals surface area contributed by atoms with E-state index in [0.717, 1.165) is 12.8 Å². The lowest BCUT2D eigenvalue weighted by atomic mass is 9.84. The highest BCUT2D eigenvalue weighted by atomic mass is 16.5. The number of methoxy groups -OCH3 is 1. The number of aliphatic hydroxyl groups is 1. The third-order valence-electron chi connectivity index (χ3n) is 4.51. The fourth-order valence-electron chi connectivity index (χ4n) is 3.13. The minimum absolute atomic E-state index is 0.332. The second kappa shape index (κ2) is 6.53. The van der Waals surface area contributed by atoms with Crippen molar-refractivity contribution in [3.63, 3.8) is 0 Å². The molecule has 1 aromatic rings. The zero-order chi connectivity index (χ0) is 13.7. The fraction of sp³-hybridized carbons (Fsp3) is 0.647. The number of aryl methyl sites for hydroxylation is 1. The summed E-state index contributed by atoms with van der Waals surface area (Å²) < 4.78 is 5.77. The largest absolute Gasteiger partial charge is 0.390 e. The molecule has 1 atom stereocenters. The molecular formula is C17H26O2. The number of ether oxygens (including phenoxy) is 1. The van der Waals surface area contributed by atoms with Crippen LogP contribution < -0.4 is 0 Å². The third-order valence-corrected chi connectivity index (χ3v) is 4.51. The molecule has 0 saturated heterocycles. The van der Waals surface area contributed by atoms with Crippen molar-refractivity contribution in [1.29, 1.82) is 0 Å². The van der Waals surface area contributed by atoms with Crippen molar-refractivity contribution < 1.29 is 9.84 Å². The van der Waals surface area contributed by atoms with E-state index in [-0.39, 0.29) is 5.60 Å². The van der Waals surface area contributed by atoms with Gasteiger partial charge < -0.3 is 9.84 Å². The Morgan fingerprint density at radius 1 is 1.11 bits per heavy atom. The zero-order valence-corrected chi connectivity index (χ0v) is 12.2. The van der Waals surface area contributed by atoms with E-state index in [0.29, 0.717) is 6.42 Å². The molecule has 2 heteroatoms. The standard InChI is InChI=1S/C17H26O2/c1-14-7-9-15(10-8-14)13-16(18)17(19-2)11-5-3-4-6-12-17/h7-10,16,18H,3-6,11-13H2,1-2H3. The monoisotopic (exact) mass is 262 g/mol. The van der Waals surface area contributed by atoms with Crippen LogP contribution >= 0.6 is 0 Å². The van der Waals surface area contributed by atoms with E-state index in [4.69, 9.17) is 4.74 Å². The van der Waals surface area contributed by atoms with Gasteiger partial charge in [-0.1, -0.05) is 55.5 Å². The number of rotatable bonds is 4. The molecule has 1 saturated carbocycles. The van der Waals surface area contributed by atoms with E-state index in [9.17, 15) is 5.11 Å². The van der Waals surface area contributed by atoms with E-state index in [1.54, 1.807) is 7.11 Å². The summed E-state index contributed by atoms with van der Waals surface area (Å²) in [5.41, 5.74) is 2.12. The van der Waals surface area contributed by atoms with Crippen molar-refractivity contribution in [2.24, 2.45) is 0 Å². The SMILES string of the molecule is COC1(C(O)Cc2ccc(C)cc2)CCCCCC1. The van der Waals surface area contributed by atoms with E-state index >= 15 is 0 Å². The summed E-state index contributed by atoms with van der Waals surface area (Å²) in [6.45, 7) is 2.09. The molecule has 1 aromatic carbocycles. The van der Waals surface area contributed by atoms with Crippen LogP contribution in [0.1, 0.15) is 49.7 Å². The van der Waals surface area contributed by atoms with Crippen molar-refractivity contribution in [1.82, 2.24) is 0 Å². The van der Waals surface area contributed by atoms with Crippen LogP contribution in [-0.2, 0) is 11.2 Å². The second-order valence-corrected chi connectivity index (χ2v) is 5.89. The van der Waals surface area contributed by atoms with Crippen LogP contribution in [0, 0.1) is 6.92 Å². The number of benzene rings is 1. The van der Waals surface area contributed by atoms with Gasteiger partial charge in [-0.25, -0.2) is 0 Å². The Hall–Kier alpha value is -0.860. The van der Waals surface area contributed by atoms with Gasteiger partial charge in [0.25, 0.3) is 0 Å². The topological polar surface area (TPSA) is 29.5 Å². The van der Waals surface area contributed by atoms with Crippen molar-refractivity contribution in [2.75, 3.05) is 7.11 Å². The summed E-state index contributed by atoms with van der Waals surface area (Å²) in [5.74, 6) is 0. The molecule has 19 heavy (non-hydrogen) atoms. The zero-order valence-electron chi connectivity index (χ0n) is 12.2. The number of hydrogen-bond donors (Lipinski definition) is 1. The molecule has 0 amide bonds. The first-order valence-electron chi connectivity index (χ1n) is 7.45. The smallest absolute Gasteiger partial charge is 0.0939 e. The molecule has 1 aliphatic rings. The molecule has 0 aromatic heterocycles. The molecule has 106 valence electrons. The van der Waals surface area contributed by atoms with Gasteiger partial charge in [0.1, 0.15) is 0 Å². The van der Waals surface area contributed by atoms with Crippen LogP contribution in [0.3, 0.4) is 0 Å². The molecule has 0 spiro atoms. The lowest BCUT2D eigenvalue weighted by Crippen LogP contribution is -2.45. The van der Waals surface area contributed by atoms with E-state index in [2.05, 4.69) is 31.2 Å². The molecule has 0 aliphatic heterocycles. The first kappa shape index (κ1) is 14.5. The molecule has 1 N–H and O–H groups in total. The molecule has 1 fully saturated rings. The van der Waals surface area contributed by atoms with Gasteiger partial charge in [-0.15, -0.1) is 0 Å². The molecule has 0 radical (unpaired) electrons. The van der Waals surface area contributed by atoms with Crippen LogP contribution in [0.25, 0.3) is 0 Å². The highest BCUT2D eigenvalue weighted by molar-refractivity contribution is 5.22. The van der Waals surface area contributed by atoms with Gasteiger partial charge in [-0.2, -0.15) is 0 Å². The predicted octanol–water partition coefficient (Wildman–Crippen LogP) is 3.64. The van der Waals surface area contributed by atoms with E-state index < -0.39 is 6.10 Å². The van der Waals surface area contributed by atoms with Crippen molar-refractivity contribution in [3.8, 4) is 0 Å². The number of aliphatic hydroxyl groups excluding tert-OH is 1. The normalized spacial score (nSPS) is 20.8. The molecule has 0 heterocycles. The van der Waals surface area contributed by atoms with Gasteiger partial charge in [-0.05, 0) is 25.3 Å². The van der Waals surface area contributed by atoms with Crippen LogP contribution in [0.15, 0.2) is 24.3 Å². The van der Waals surface area contributed by atoms with Crippen molar-refractivity contribution in [2.45, 2.75) is 63.6 Å². The summed E-state index contributed by atoms with van der Waals surface area (Å²) >= 11 is 0. The highest BCUT2D eigenvalue weighted by Gasteiger charge is 2.38. The average molecular weight is 262 g/mol. The minimum Gasteiger partial charge on any atom is -0.390 e. The summed E-state index contributed by atoms with van der Waals surface area (Å²) in [6.07, 6.45) is 7.11. The summed E-state index contributed by atoms with van der Waals surface area (Å²) in [4.78, 5) is 0. The maximum absolute atomic E-state index is 10.6. The van der Waals surface area contributed by atoms with Crippen molar-refractivity contribution >= 4 is 0 Å². The molecular weight excluding hydrogens is 236 g/mol. The van der Waals surface area contributed by atoms with Gasteiger partial charge in [0.15, 0.2) is 0 Å². The average Bonchev–Trinajstić information content (AvgIpc) is 2.67. The molecule has 2 rings (SSSR count). The van der Waals surface area contributed by atoms with Crippen LogP contribution in [0.5, 0.6) is 0 Å². The van der Waals surface area contributed by atoms with Gasteiger partial charge in [0.2, 0.25) is 0 Å². The third kappa shape index (κ3) is 3.58. The Balaban J connectivity index is 2.07. The Kier molecular flexibility index (Phi) is 5.00. The lowest BCUT2D eigenvalue weighted by Gasteiger charge is -2.36. The fourth-order valence-corrected chi connectivity index (χ4v) is 3.13. The van der Waals surface area contributed by atoms with Gasteiger partial charge in [0, 0.05) is 13.5 Å². The van der Waals surface area contributed by atoms with E-state index in [1.165, 1.54) is 36.8 Å². The molecule has 0 bridgehead atoms. The molecule has 1 unspecified atom stereocenters. The maximum atomic E-state index is 10.6. The van der Waals surface area contributed by atoms with Crippen LogP contribution in [-0.4, -0.2) is 23.9 Å². The Morgan fingerprint density at radius 2 is 1.68 bits per heavy atom. The first-order valence-corrected chi connectivity index (χ1v) is 7.45. The van der Waals surface area contributed by atoms with Crippen LogP contribution in [0.2, 0.25) is 0 Å². The van der Waals surface area contributed by atoms with Gasteiger partial charge in [-0.3, -0.25) is 0 Å². The number of hydrogen-bond acceptors (Lipinski definition) is 2. The molecule has 1 aliphatic carbocycles.